The van der Waals surface area contributed by atoms with E-state index in [2.05, 4.69) is 29.2 Å². The molecule has 1 amide bonds. The molecule has 27 heavy (non-hydrogen) atoms. The van der Waals surface area contributed by atoms with Gasteiger partial charge in [0.1, 0.15) is 5.60 Å². The first-order valence-corrected chi connectivity index (χ1v) is 9.81. The number of rotatable bonds is 5. The highest BCUT2D eigenvalue weighted by Crippen LogP contribution is 2.26. The molecule has 0 unspecified atom stereocenters. The number of amides is 1. The summed E-state index contributed by atoms with van der Waals surface area (Å²) in [7, 11) is 1.82. The molecule has 0 radical (unpaired) electrons. The Morgan fingerprint density at radius 3 is 2.74 bits per heavy atom. The van der Waals surface area contributed by atoms with E-state index in [1.54, 1.807) is 4.90 Å². The lowest BCUT2D eigenvalue weighted by Crippen LogP contribution is -2.50. The van der Waals surface area contributed by atoms with Crippen LogP contribution in [0, 0.1) is 0 Å². The molecule has 1 saturated heterocycles. The van der Waals surface area contributed by atoms with Crippen molar-refractivity contribution < 1.29 is 14.3 Å². The minimum absolute atomic E-state index is 0.0452. The number of hydrogen-bond donors (Lipinski definition) is 0. The van der Waals surface area contributed by atoms with Gasteiger partial charge in [-0.25, -0.2) is 0 Å². The molecule has 0 bridgehead atoms. The van der Waals surface area contributed by atoms with Crippen LogP contribution in [0.1, 0.15) is 38.7 Å². The molecule has 146 valence electrons. The zero-order valence-corrected chi connectivity index (χ0v) is 16.6. The van der Waals surface area contributed by atoms with E-state index in [4.69, 9.17) is 4.74 Å². The number of ketones is 1. The van der Waals surface area contributed by atoms with E-state index in [0.29, 0.717) is 6.42 Å². The van der Waals surface area contributed by atoms with Crippen molar-refractivity contribution in [2.45, 2.75) is 51.2 Å². The van der Waals surface area contributed by atoms with Gasteiger partial charge in [-0.2, -0.15) is 0 Å². The van der Waals surface area contributed by atoms with Crippen LogP contribution in [0.3, 0.4) is 0 Å². The molecule has 2 aliphatic rings. The quantitative estimate of drug-likeness (QED) is 0.800. The maximum atomic E-state index is 12.9. The third kappa shape index (κ3) is 5.19. The number of likely N-dealkylation sites (N-methyl/N-ethyl adjacent to an activating group) is 1. The van der Waals surface area contributed by atoms with Crippen molar-refractivity contribution in [1.82, 2.24) is 9.80 Å². The van der Waals surface area contributed by atoms with E-state index in [0.717, 1.165) is 38.9 Å². The van der Waals surface area contributed by atoms with Gasteiger partial charge in [0.25, 0.3) is 5.91 Å². The molecule has 0 aromatic heterocycles. The maximum absolute atomic E-state index is 12.9. The van der Waals surface area contributed by atoms with Crippen molar-refractivity contribution in [3.05, 3.63) is 47.7 Å². The SMILES string of the molecule is CN(C(=O)C1=CC(=O)CC(C)(C)O1)[C@@H]1CCCN(CCc2ccccc2)C1. The highest BCUT2D eigenvalue weighted by molar-refractivity contribution is 6.01. The Morgan fingerprint density at radius 1 is 1.30 bits per heavy atom. The number of likely N-dealkylation sites (tertiary alicyclic amines) is 1. The van der Waals surface area contributed by atoms with E-state index in [1.807, 2.05) is 27.0 Å². The fourth-order valence-electron chi connectivity index (χ4n) is 3.91. The first kappa shape index (κ1) is 19.6. The van der Waals surface area contributed by atoms with Gasteiger partial charge in [-0.3, -0.25) is 9.59 Å². The van der Waals surface area contributed by atoms with Crippen LogP contribution in [-0.2, 0) is 20.7 Å². The lowest BCUT2D eigenvalue weighted by atomic mass is 9.98. The average Bonchev–Trinajstić information content (AvgIpc) is 2.64. The zero-order valence-electron chi connectivity index (χ0n) is 16.6. The normalized spacial score (nSPS) is 22.7. The lowest BCUT2D eigenvalue weighted by molar-refractivity contribution is -0.139. The molecule has 5 nitrogen and oxygen atoms in total. The molecular formula is C22H30N2O3. The Bertz CT molecular complexity index is 712. The van der Waals surface area contributed by atoms with E-state index in [9.17, 15) is 9.59 Å². The van der Waals surface area contributed by atoms with Crippen LogP contribution in [0.15, 0.2) is 42.2 Å². The highest BCUT2D eigenvalue weighted by Gasteiger charge is 2.35. The molecule has 1 aromatic carbocycles. The number of ether oxygens (including phenoxy) is 1. The van der Waals surface area contributed by atoms with Crippen molar-refractivity contribution in [2.24, 2.45) is 0 Å². The second-order valence-corrected chi connectivity index (χ2v) is 8.26. The van der Waals surface area contributed by atoms with Crippen molar-refractivity contribution in [1.29, 1.82) is 0 Å². The molecule has 3 rings (SSSR count). The Balaban J connectivity index is 1.58. The predicted octanol–water partition coefficient (Wildman–Crippen LogP) is 2.80. The Labute approximate surface area is 162 Å². The van der Waals surface area contributed by atoms with Gasteiger partial charge in [0.05, 0.1) is 0 Å². The van der Waals surface area contributed by atoms with Crippen molar-refractivity contribution in [3.8, 4) is 0 Å². The summed E-state index contributed by atoms with van der Waals surface area (Å²) in [6, 6.07) is 10.6. The zero-order chi connectivity index (χ0) is 19.4. The third-order valence-electron chi connectivity index (χ3n) is 5.40. The Hall–Kier alpha value is -2.14. The fraction of sp³-hybridized carbons (Fsp3) is 0.545. The third-order valence-corrected chi connectivity index (χ3v) is 5.40. The van der Waals surface area contributed by atoms with Crippen LogP contribution in [0.2, 0.25) is 0 Å². The number of nitrogens with zero attached hydrogens (tertiary/aromatic N) is 2. The molecule has 1 fully saturated rings. The smallest absolute Gasteiger partial charge is 0.289 e. The van der Waals surface area contributed by atoms with E-state index in [1.165, 1.54) is 11.6 Å². The summed E-state index contributed by atoms with van der Waals surface area (Å²) in [4.78, 5) is 29.0. The molecule has 5 heteroatoms. The van der Waals surface area contributed by atoms with Gasteiger partial charge >= 0.3 is 0 Å². The molecular weight excluding hydrogens is 340 g/mol. The summed E-state index contributed by atoms with van der Waals surface area (Å²) in [5.74, 6) is -0.0534. The summed E-state index contributed by atoms with van der Waals surface area (Å²) >= 11 is 0. The minimum atomic E-state index is -0.619. The fourth-order valence-corrected chi connectivity index (χ4v) is 3.91. The summed E-state index contributed by atoms with van der Waals surface area (Å²) in [5, 5.41) is 0. The van der Waals surface area contributed by atoms with Crippen LogP contribution < -0.4 is 0 Å². The molecule has 2 heterocycles. The number of carbonyl (C=O) groups excluding carboxylic acids is 2. The van der Waals surface area contributed by atoms with Crippen LogP contribution >= 0.6 is 0 Å². The number of piperidine rings is 1. The molecule has 0 saturated carbocycles. The largest absolute Gasteiger partial charge is 0.481 e. The van der Waals surface area contributed by atoms with Gasteiger partial charge in [0.15, 0.2) is 11.5 Å². The van der Waals surface area contributed by atoms with Crippen molar-refractivity contribution in [3.63, 3.8) is 0 Å². The highest BCUT2D eigenvalue weighted by atomic mass is 16.5. The monoisotopic (exact) mass is 370 g/mol. The molecule has 0 N–H and O–H groups in total. The second-order valence-electron chi connectivity index (χ2n) is 8.26. The summed E-state index contributed by atoms with van der Waals surface area (Å²) in [6.45, 7) is 6.61. The molecule has 0 aliphatic carbocycles. The topological polar surface area (TPSA) is 49.9 Å². The molecule has 1 atom stereocenters. The van der Waals surface area contributed by atoms with E-state index < -0.39 is 5.60 Å². The van der Waals surface area contributed by atoms with Gasteiger partial charge in [-0.15, -0.1) is 0 Å². The van der Waals surface area contributed by atoms with Gasteiger partial charge < -0.3 is 14.5 Å². The summed E-state index contributed by atoms with van der Waals surface area (Å²) in [5.41, 5.74) is 0.719. The maximum Gasteiger partial charge on any atom is 0.289 e. The van der Waals surface area contributed by atoms with Gasteiger partial charge in [0.2, 0.25) is 0 Å². The number of benzene rings is 1. The summed E-state index contributed by atoms with van der Waals surface area (Å²) < 4.78 is 5.79. The number of hydrogen-bond acceptors (Lipinski definition) is 4. The molecule has 1 aromatic rings. The van der Waals surface area contributed by atoms with Crippen LogP contribution in [0.5, 0.6) is 0 Å². The first-order chi connectivity index (χ1) is 12.8. The van der Waals surface area contributed by atoms with Crippen LogP contribution in [-0.4, -0.2) is 59.8 Å². The van der Waals surface area contributed by atoms with Crippen LogP contribution in [0.4, 0.5) is 0 Å². The summed E-state index contributed by atoms with van der Waals surface area (Å²) in [6.07, 6.45) is 4.74. The Kier molecular flexibility index (Phi) is 6.00. The van der Waals surface area contributed by atoms with Gasteiger partial charge in [-0.05, 0) is 45.2 Å². The molecule has 0 spiro atoms. The first-order valence-electron chi connectivity index (χ1n) is 9.81. The van der Waals surface area contributed by atoms with Crippen molar-refractivity contribution in [2.75, 3.05) is 26.7 Å². The van der Waals surface area contributed by atoms with Gasteiger partial charge in [-0.1, -0.05) is 30.3 Å². The predicted molar refractivity (Wildman–Crippen MR) is 105 cm³/mol. The second kappa shape index (κ2) is 8.26. The lowest BCUT2D eigenvalue weighted by Gasteiger charge is -2.39. The van der Waals surface area contributed by atoms with E-state index >= 15 is 0 Å². The average molecular weight is 370 g/mol. The van der Waals surface area contributed by atoms with Crippen LogP contribution in [0.25, 0.3) is 0 Å². The molecule has 2 aliphatic heterocycles. The number of carbonyl (C=O) groups is 2. The number of allylic oxidation sites excluding steroid dienone is 1. The van der Waals surface area contributed by atoms with Crippen molar-refractivity contribution >= 4 is 11.7 Å². The Morgan fingerprint density at radius 2 is 2.04 bits per heavy atom. The van der Waals surface area contributed by atoms with Gasteiger partial charge in [0, 0.05) is 38.7 Å². The van der Waals surface area contributed by atoms with E-state index in [-0.39, 0.29) is 23.5 Å². The standard InChI is InChI=1S/C22H30N2O3/c1-22(2)15-19(25)14-20(27-22)21(26)23(3)18-10-7-12-24(16-18)13-11-17-8-5-4-6-9-17/h4-6,8-9,14,18H,7,10-13,15-16H2,1-3H3/t18-/m1/s1. The minimum Gasteiger partial charge on any atom is -0.481 e.